The summed E-state index contributed by atoms with van der Waals surface area (Å²) >= 11 is 0. The fraction of sp³-hybridized carbons (Fsp3) is 0.875. The summed E-state index contributed by atoms with van der Waals surface area (Å²) in [5, 5.41) is 39.4. The van der Waals surface area contributed by atoms with Crippen LogP contribution in [-0.2, 0) is 9.53 Å². The quantitative estimate of drug-likeness (QED) is 0.337. The zero-order valence-corrected chi connectivity index (χ0v) is 8.20. The Balaban J connectivity index is 2.70. The molecule has 0 spiro atoms. The van der Waals surface area contributed by atoms with Crippen LogP contribution in [0.25, 0.3) is 0 Å². The van der Waals surface area contributed by atoms with Crippen LogP contribution < -0.4 is 5.32 Å². The first-order chi connectivity index (χ1) is 6.97. The van der Waals surface area contributed by atoms with E-state index in [1.807, 2.05) is 0 Å². The summed E-state index contributed by atoms with van der Waals surface area (Å²) in [6.45, 7) is 0.687. The lowest BCUT2D eigenvalue weighted by Gasteiger charge is -2.40. The topological polar surface area (TPSA) is 119 Å². The van der Waals surface area contributed by atoms with E-state index in [-0.39, 0.29) is 0 Å². The Bertz CT molecular complexity index is 235. The Morgan fingerprint density at radius 3 is 2.40 bits per heavy atom. The van der Waals surface area contributed by atoms with Gasteiger partial charge in [0.2, 0.25) is 5.91 Å². The minimum Gasteiger partial charge on any atom is -0.394 e. The lowest BCUT2D eigenvalue weighted by atomic mass is 9.97. The van der Waals surface area contributed by atoms with Gasteiger partial charge in [0.1, 0.15) is 24.4 Å². The first-order valence-corrected chi connectivity index (χ1v) is 4.55. The standard InChI is InChI=1S/C8H15NO6/c1-3(11)9-5-7(13)6(12)4(2-10)15-8(5)14/h4-8,10,12-14H,2H2,1H3,(H,9,11)/t4?,5-,6?,7?,8?/m1/s1. The van der Waals surface area contributed by atoms with Crippen LogP contribution in [0.4, 0.5) is 0 Å². The van der Waals surface area contributed by atoms with Crippen LogP contribution in [0.15, 0.2) is 0 Å². The second kappa shape index (κ2) is 4.86. The van der Waals surface area contributed by atoms with Gasteiger partial charge in [-0.1, -0.05) is 0 Å². The number of ether oxygens (including phenoxy) is 1. The van der Waals surface area contributed by atoms with Crippen LogP contribution in [0.2, 0.25) is 0 Å². The molecule has 1 fully saturated rings. The monoisotopic (exact) mass is 221 g/mol. The predicted octanol–water partition coefficient (Wildman–Crippen LogP) is -3.08. The number of carbonyl (C=O) groups is 1. The van der Waals surface area contributed by atoms with Gasteiger partial charge in [0, 0.05) is 6.92 Å². The average molecular weight is 221 g/mol. The maximum absolute atomic E-state index is 10.7. The number of carbonyl (C=O) groups excluding carboxylic acids is 1. The van der Waals surface area contributed by atoms with Crippen molar-refractivity contribution in [3.8, 4) is 0 Å². The van der Waals surface area contributed by atoms with Crippen molar-refractivity contribution in [2.24, 2.45) is 0 Å². The van der Waals surface area contributed by atoms with Crippen molar-refractivity contribution in [1.29, 1.82) is 0 Å². The molecule has 0 bridgehead atoms. The number of rotatable bonds is 2. The van der Waals surface area contributed by atoms with Crippen molar-refractivity contribution in [3.63, 3.8) is 0 Å². The smallest absolute Gasteiger partial charge is 0.217 e. The Kier molecular flexibility index (Phi) is 4.00. The highest BCUT2D eigenvalue weighted by molar-refractivity contribution is 5.73. The molecule has 0 aromatic heterocycles. The third-order valence-electron chi connectivity index (χ3n) is 2.27. The number of aliphatic hydroxyl groups is 4. The zero-order valence-electron chi connectivity index (χ0n) is 8.20. The molecule has 0 aromatic carbocycles. The van der Waals surface area contributed by atoms with Crippen LogP contribution in [0.5, 0.6) is 0 Å². The number of hydrogen-bond donors (Lipinski definition) is 5. The summed E-state index contributed by atoms with van der Waals surface area (Å²) in [4.78, 5) is 10.7. The molecular formula is C8H15NO6. The van der Waals surface area contributed by atoms with Gasteiger partial charge in [0.15, 0.2) is 6.29 Å². The van der Waals surface area contributed by atoms with Crippen molar-refractivity contribution in [3.05, 3.63) is 0 Å². The van der Waals surface area contributed by atoms with Crippen molar-refractivity contribution in [2.75, 3.05) is 6.61 Å². The first kappa shape index (κ1) is 12.3. The fourth-order valence-corrected chi connectivity index (χ4v) is 1.49. The Hall–Kier alpha value is -0.730. The molecule has 1 aliphatic rings. The van der Waals surface area contributed by atoms with Gasteiger partial charge in [-0.05, 0) is 0 Å². The van der Waals surface area contributed by atoms with Gasteiger partial charge in [0.05, 0.1) is 6.61 Å². The van der Waals surface area contributed by atoms with Gasteiger partial charge in [-0.15, -0.1) is 0 Å². The largest absolute Gasteiger partial charge is 0.394 e. The number of hydrogen-bond acceptors (Lipinski definition) is 6. The lowest BCUT2D eigenvalue weighted by Crippen LogP contribution is -2.63. The second-order valence-electron chi connectivity index (χ2n) is 3.46. The van der Waals surface area contributed by atoms with E-state index in [1.165, 1.54) is 6.92 Å². The highest BCUT2D eigenvalue weighted by Gasteiger charge is 2.43. The van der Waals surface area contributed by atoms with Gasteiger partial charge in [-0.25, -0.2) is 0 Å². The summed E-state index contributed by atoms with van der Waals surface area (Å²) in [5.74, 6) is -0.462. The maximum Gasteiger partial charge on any atom is 0.217 e. The minimum absolute atomic E-state index is 0.462. The number of nitrogens with one attached hydrogen (secondary N) is 1. The first-order valence-electron chi connectivity index (χ1n) is 4.55. The molecule has 7 nitrogen and oxygen atoms in total. The molecule has 15 heavy (non-hydrogen) atoms. The van der Waals surface area contributed by atoms with Gasteiger partial charge < -0.3 is 30.5 Å². The van der Waals surface area contributed by atoms with Crippen molar-refractivity contribution >= 4 is 5.91 Å². The predicted molar refractivity (Wildman–Crippen MR) is 47.6 cm³/mol. The number of amides is 1. The second-order valence-corrected chi connectivity index (χ2v) is 3.46. The molecule has 1 rings (SSSR count). The Morgan fingerprint density at radius 2 is 1.93 bits per heavy atom. The van der Waals surface area contributed by atoms with E-state index in [2.05, 4.69) is 5.32 Å². The lowest BCUT2D eigenvalue weighted by molar-refractivity contribution is -0.253. The van der Waals surface area contributed by atoms with E-state index in [1.54, 1.807) is 0 Å². The van der Waals surface area contributed by atoms with E-state index < -0.39 is 43.2 Å². The SMILES string of the molecule is CC(=O)N[C@H]1C(O)OC(CO)C(O)C1O. The van der Waals surface area contributed by atoms with Gasteiger partial charge in [0.25, 0.3) is 0 Å². The van der Waals surface area contributed by atoms with Crippen molar-refractivity contribution in [2.45, 2.75) is 37.6 Å². The Morgan fingerprint density at radius 1 is 1.33 bits per heavy atom. The molecule has 88 valence electrons. The summed E-state index contributed by atoms with van der Waals surface area (Å²) in [7, 11) is 0. The average Bonchev–Trinajstić information content (AvgIpc) is 2.18. The summed E-state index contributed by atoms with van der Waals surface area (Å²) in [5.41, 5.74) is 0. The molecular weight excluding hydrogens is 206 g/mol. The van der Waals surface area contributed by atoms with E-state index in [0.29, 0.717) is 0 Å². The third kappa shape index (κ3) is 2.64. The molecule has 0 radical (unpaired) electrons. The molecule has 0 aromatic rings. The molecule has 1 amide bonds. The summed E-state index contributed by atoms with van der Waals surface area (Å²) < 4.78 is 4.81. The molecule has 7 heteroatoms. The van der Waals surface area contributed by atoms with E-state index >= 15 is 0 Å². The molecule has 1 aliphatic heterocycles. The van der Waals surface area contributed by atoms with Gasteiger partial charge in [-0.2, -0.15) is 0 Å². The molecule has 5 N–H and O–H groups in total. The Labute approximate surface area is 86.3 Å². The van der Waals surface area contributed by atoms with Crippen LogP contribution in [0.3, 0.4) is 0 Å². The van der Waals surface area contributed by atoms with Crippen molar-refractivity contribution in [1.82, 2.24) is 5.32 Å². The van der Waals surface area contributed by atoms with E-state index in [0.717, 1.165) is 0 Å². The highest BCUT2D eigenvalue weighted by atomic mass is 16.6. The molecule has 1 heterocycles. The zero-order chi connectivity index (χ0) is 11.6. The molecule has 0 saturated carbocycles. The minimum atomic E-state index is -1.45. The molecule has 4 unspecified atom stereocenters. The van der Waals surface area contributed by atoms with Gasteiger partial charge >= 0.3 is 0 Å². The summed E-state index contributed by atoms with van der Waals surface area (Å²) in [6, 6.07) is -1.10. The number of aliphatic hydroxyl groups excluding tert-OH is 4. The van der Waals surface area contributed by atoms with Gasteiger partial charge in [-0.3, -0.25) is 4.79 Å². The van der Waals surface area contributed by atoms with Crippen LogP contribution in [0.1, 0.15) is 6.92 Å². The molecule has 5 atom stereocenters. The van der Waals surface area contributed by atoms with Crippen LogP contribution in [0, 0.1) is 0 Å². The fourth-order valence-electron chi connectivity index (χ4n) is 1.49. The maximum atomic E-state index is 10.7. The highest BCUT2D eigenvalue weighted by Crippen LogP contribution is 2.19. The molecule has 0 aliphatic carbocycles. The van der Waals surface area contributed by atoms with E-state index in [4.69, 9.17) is 9.84 Å². The normalized spacial score (nSPS) is 41.3. The van der Waals surface area contributed by atoms with Crippen LogP contribution in [-0.4, -0.2) is 63.6 Å². The third-order valence-corrected chi connectivity index (χ3v) is 2.27. The van der Waals surface area contributed by atoms with Crippen LogP contribution >= 0.6 is 0 Å². The van der Waals surface area contributed by atoms with Crippen molar-refractivity contribution < 1.29 is 30.0 Å². The van der Waals surface area contributed by atoms with E-state index in [9.17, 15) is 20.1 Å². The summed E-state index contributed by atoms with van der Waals surface area (Å²) in [6.07, 6.45) is -5.24. The molecule has 1 saturated heterocycles.